The molecule has 0 aromatic heterocycles. The molecule has 0 heterocycles. The first-order valence-corrected chi connectivity index (χ1v) is 31.4. The number of aliphatic hydroxyl groups is 1. The van der Waals surface area contributed by atoms with E-state index in [1.54, 1.807) is 0 Å². The normalized spacial score (nSPS) is 13.2. The summed E-state index contributed by atoms with van der Waals surface area (Å²) in [6, 6.07) is 0. The van der Waals surface area contributed by atoms with Gasteiger partial charge in [0.05, 0.1) is 6.61 Å². The predicted molar refractivity (Wildman–Crippen MR) is 334 cm³/mol. The Hall–Kier alpha value is -4.22. The molecule has 1 atom stereocenters. The monoisotopic (exact) mass is 1050 g/mol. The van der Waals surface area contributed by atoms with Crippen LogP contribution in [-0.2, 0) is 19.1 Å². The first-order chi connectivity index (χ1) is 37.6. The number of esters is 2. The van der Waals surface area contributed by atoms with Crippen LogP contribution in [0.4, 0.5) is 0 Å². The van der Waals surface area contributed by atoms with Crippen molar-refractivity contribution in [2.75, 3.05) is 13.2 Å². The van der Waals surface area contributed by atoms with Gasteiger partial charge in [0.2, 0.25) is 0 Å². The molecule has 0 fully saturated rings. The van der Waals surface area contributed by atoms with E-state index in [2.05, 4.69) is 160 Å². The van der Waals surface area contributed by atoms with E-state index in [0.29, 0.717) is 12.8 Å². The molecule has 5 heteroatoms. The van der Waals surface area contributed by atoms with Crippen molar-refractivity contribution in [1.82, 2.24) is 0 Å². The molecule has 0 amide bonds. The Morgan fingerprint density at radius 3 is 0.789 bits per heavy atom. The zero-order chi connectivity index (χ0) is 54.8. The van der Waals surface area contributed by atoms with Crippen LogP contribution in [0.2, 0.25) is 0 Å². The minimum Gasteiger partial charge on any atom is -0.462 e. The van der Waals surface area contributed by atoms with Crippen molar-refractivity contribution in [3.05, 3.63) is 146 Å². The van der Waals surface area contributed by atoms with Crippen LogP contribution in [0.3, 0.4) is 0 Å². The number of hydrogen-bond acceptors (Lipinski definition) is 5. The first kappa shape index (κ1) is 71.8. The van der Waals surface area contributed by atoms with E-state index in [1.165, 1.54) is 128 Å². The maximum absolute atomic E-state index is 12.3. The Kier molecular flexibility index (Phi) is 61.5. The molecular weight excluding hydrogens is 933 g/mol. The van der Waals surface area contributed by atoms with Gasteiger partial charge in [0.25, 0.3) is 0 Å². The number of aliphatic hydroxyl groups excluding tert-OH is 1. The molecule has 76 heavy (non-hydrogen) atoms. The molecule has 0 aliphatic heterocycles. The second kappa shape index (κ2) is 65.1. The standard InChI is InChI=1S/C71H116O5/c1-3-5-7-9-11-13-15-17-19-21-23-25-27-29-31-32-33-34-35-36-37-38-40-42-44-46-48-50-52-54-56-58-60-62-64-66-71(74)76-69(67-72)68-75-70(73)65-63-61-59-57-55-53-51-49-47-45-43-41-39-30-28-26-24-22-20-18-16-14-12-10-8-6-4-2/h5-8,11-14,17-20,23-26,29,31,33-34,36-37,40,42,69,72H,3-4,9-10,15-16,21-22,27-28,30,32,35,38-39,41,43-68H2,1-2H3/b7-5-,8-6-,13-11-,14-12-,19-17-,20-18-,25-23-,26-24-,31-29-,34-33-,37-36-,42-40-. The molecule has 430 valence electrons. The van der Waals surface area contributed by atoms with Gasteiger partial charge < -0.3 is 14.6 Å². The minimum absolute atomic E-state index is 0.0745. The van der Waals surface area contributed by atoms with Crippen molar-refractivity contribution in [2.45, 2.75) is 277 Å². The van der Waals surface area contributed by atoms with E-state index in [4.69, 9.17) is 9.47 Å². The molecule has 0 aromatic rings. The highest BCUT2D eigenvalue weighted by Crippen LogP contribution is 2.16. The van der Waals surface area contributed by atoms with Gasteiger partial charge in [0.1, 0.15) is 6.61 Å². The predicted octanol–water partition coefficient (Wildman–Crippen LogP) is 21.8. The number of unbranched alkanes of at least 4 members (excludes halogenated alkanes) is 24. The zero-order valence-electron chi connectivity index (χ0n) is 49.2. The summed E-state index contributed by atoms with van der Waals surface area (Å²) >= 11 is 0. The summed E-state index contributed by atoms with van der Waals surface area (Å²) in [4.78, 5) is 24.6. The van der Waals surface area contributed by atoms with Gasteiger partial charge in [0.15, 0.2) is 6.10 Å². The van der Waals surface area contributed by atoms with E-state index in [-0.39, 0.29) is 25.2 Å². The molecule has 1 unspecified atom stereocenters. The van der Waals surface area contributed by atoms with Crippen LogP contribution in [0, 0.1) is 0 Å². The van der Waals surface area contributed by atoms with Crippen molar-refractivity contribution < 1.29 is 24.2 Å². The van der Waals surface area contributed by atoms with Crippen LogP contribution in [-0.4, -0.2) is 36.4 Å². The van der Waals surface area contributed by atoms with Crippen LogP contribution >= 0.6 is 0 Å². The molecule has 0 rings (SSSR count). The third-order valence-corrected chi connectivity index (χ3v) is 13.1. The van der Waals surface area contributed by atoms with Crippen LogP contribution in [0.1, 0.15) is 271 Å². The van der Waals surface area contributed by atoms with Gasteiger partial charge in [-0.1, -0.05) is 288 Å². The van der Waals surface area contributed by atoms with E-state index in [1.807, 2.05) is 0 Å². The Balaban J connectivity index is 3.54. The maximum Gasteiger partial charge on any atom is 0.306 e. The number of rotatable bonds is 56. The van der Waals surface area contributed by atoms with Crippen molar-refractivity contribution >= 4 is 11.9 Å². The molecule has 0 aliphatic carbocycles. The molecule has 0 saturated heterocycles. The van der Waals surface area contributed by atoms with Crippen LogP contribution in [0.5, 0.6) is 0 Å². The molecule has 0 aliphatic rings. The summed E-state index contributed by atoms with van der Waals surface area (Å²) in [5.41, 5.74) is 0. The fraction of sp³-hybridized carbons (Fsp3) is 0.634. The Morgan fingerprint density at radius 1 is 0.303 bits per heavy atom. The Morgan fingerprint density at radius 2 is 0.526 bits per heavy atom. The number of allylic oxidation sites excluding steroid dienone is 24. The lowest BCUT2D eigenvalue weighted by atomic mass is 10.0. The summed E-state index contributed by atoms with van der Waals surface area (Å²) in [5.74, 6) is -0.598. The van der Waals surface area contributed by atoms with E-state index < -0.39 is 6.10 Å². The zero-order valence-corrected chi connectivity index (χ0v) is 49.2. The highest BCUT2D eigenvalue weighted by molar-refractivity contribution is 5.70. The van der Waals surface area contributed by atoms with Gasteiger partial charge in [-0.05, 0) is 116 Å². The maximum atomic E-state index is 12.3. The molecule has 0 aromatic carbocycles. The lowest BCUT2D eigenvalue weighted by Gasteiger charge is -2.15. The molecule has 0 radical (unpaired) electrons. The van der Waals surface area contributed by atoms with Crippen molar-refractivity contribution in [3.8, 4) is 0 Å². The summed E-state index contributed by atoms with van der Waals surface area (Å²) in [6.07, 6.45) is 98.3. The van der Waals surface area contributed by atoms with Gasteiger partial charge in [-0.25, -0.2) is 0 Å². The fourth-order valence-corrected chi connectivity index (χ4v) is 8.50. The van der Waals surface area contributed by atoms with Gasteiger partial charge in [-0.3, -0.25) is 9.59 Å². The fourth-order valence-electron chi connectivity index (χ4n) is 8.50. The summed E-state index contributed by atoms with van der Waals surface area (Å²) in [7, 11) is 0. The summed E-state index contributed by atoms with van der Waals surface area (Å²) < 4.78 is 10.7. The van der Waals surface area contributed by atoms with Gasteiger partial charge in [-0.15, -0.1) is 0 Å². The number of ether oxygens (including phenoxy) is 2. The molecule has 1 N–H and O–H groups in total. The number of carbonyl (C=O) groups is 2. The summed E-state index contributed by atoms with van der Waals surface area (Å²) in [6.45, 7) is 3.92. The average Bonchev–Trinajstić information content (AvgIpc) is 3.42. The highest BCUT2D eigenvalue weighted by atomic mass is 16.6. The SMILES string of the molecule is CC/C=C\C/C=C\C/C=C\C/C=C\C/C=C\C/C=C\C/C=C\C/C=C\CCCCCCCCCCCCC(=O)OC(CO)COC(=O)CCCCCCCCCCCCCCCC/C=C\C/C=C\C/C=C\C/C=C\CC. The molecule has 0 spiro atoms. The average molecular weight is 1050 g/mol. The Bertz CT molecular complexity index is 1610. The third-order valence-electron chi connectivity index (χ3n) is 13.1. The second-order valence-electron chi connectivity index (χ2n) is 20.4. The molecule has 0 bridgehead atoms. The van der Waals surface area contributed by atoms with Crippen molar-refractivity contribution in [1.29, 1.82) is 0 Å². The largest absolute Gasteiger partial charge is 0.462 e. The van der Waals surface area contributed by atoms with E-state index >= 15 is 0 Å². The number of hydrogen-bond donors (Lipinski definition) is 1. The van der Waals surface area contributed by atoms with E-state index in [0.717, 1.165) is 116 Å². The number of carbonyl (C=O) groups excluding carboxylic acids is 2. The van der Waals surface area contributed by atoms with Crippen LogP contribution < -0.4 is 0 Å². The molecule has 5 nitrogen and oxygen atoms in total. The lowest BCUT2D eigenvalue weighted by molar-refractivity contribution is -0.161. The smallest absolute Gasteiger partial charge is 0.306 e. The quantitative estimate of drug-likeness (QED) is 0.0373. The first-order valence-electron chi connectivity index (χ1n) is 31.4. The van der Waals surface area contributed by atoms with Crippen molar-refractivity contribution in [2.24, 2.45) is 0 Å². The van der Waals surface area contributed by atoms with Gasteiger partial charge >= 0.3 is 11.9 Å². The van der Waals surface area contributed by atoms with Crippen LogP contribution in [0.15, 0.2) is 146 Å². The van der Waals surface area contributed by atoms with Crippen LogP contribution in [0.25, 0.3) is 0 Å². The van der Waals surface area contributed by atoms with Gasteiger partial charge in [-0.2, -0.15) is 0 Å². The van der Waals surface area contributed by atoms with E-state index in [9.17, 15) is 14.7 Å². The van der Waals surface area contributed by atoms with Gasteiger partial charge in [0, 0.05) is 12.8 Å². The van der Waals surface area contributed by atoms with Crippen molar-refractivity contribution in [3.63, 3.8) is 0 Å². The summed E-state index contributed by atoms with van der Waals surface area (Å²) in [5, 5.41) is 9.68. The molecular formula is C71H116O5. The highest BCUT2D eigenvalue weighted by Gasteiger charge is 2.16. The lowest BCUT2D eigenvalue weighted by Crippen LogP contribution is -2.28. The molecule has 0 saturated carbocycles. The third kappa shape index (κ3) is 62.3. The Labute approximate surface area is 469 Å². The minimum atomic E-state index is -0.785. The second-order valence-corrected chi connectivity index (χ2v) is 20.4. The topological polar surface area (TPSA) is 72.8 Å².